The molecule has 2 aromatic heterocycles. The first-order valence-electron chi connectivity index (χ1n) is 12.5. The van der Waals surface area contributed by atoms with Gasteiger partial charge in [-0.25, -0.2) is 4.68 Å². The molecule has 0 bridgehead atoms. The van der Waals surface area contributed by atoms with E-state index in [2.05, 4.69) is 25.0 Å². The Morgan fingerprint density at radius 2 is 1.82 bits per heavy atom. The van der Waals surface area contributed by atoms with Crippen LogP contribution in [0.25, 0.3) is 22.6 Å². The molecule has 2 aliphatic rings. The average Bonchev–Trinajstić information content (AvgIpc) is 3.63. The molecule has 11 heteroatoms. The van der Waals surface area contributed by atoms with E-state index < -0.39 is 0 Å². The van der Waals surface area contributed by atoms with Crippen molar-refractivity contribution in [2.75, 3.05) is 58.1 Å². The van der Waals surface area contributed by atoms with Gasteiger partial charge in [0, 0.05) is 57.0 Å². The van der Waals surface area contributed by atoms with Crippen molar-refractivity contribution in [3.63, 3.8) is 0 Å². The molecule has 0 radical (unpaired) electrons. The van der Waals surface area contributed by atoms with Crippen molar-refractivity contribution < 1.29 is 18.7 Å². The summed E-state index contributed by atoms with van der Waals surface area (Å²) in [6.45, 7) is 5.64. The zero-order chi connectivity index (χ0) is 25.9. The molecule has 4 aromatic rings. The maximum Gasteiger partial charge on any atom is 0.324 e. The zero-order valence-corrected chi connectivity index (χ0v) is 21.1. The van der Waals surface area contributed by atoms with Crippen molar-refractivity contribution in [3.05, 3.63) is 70.5 Å². The second kappa shape index (κ2) is 10.6. The lowest BCUT2D eigenvalue weighted by atomic mass is 10.1. The van der Waals surface area contributed by atoms with E-state index >= 15 is 0 Å². The first kappa shape index (κ1) is 24.1. The Morgan fingerprint density at radius 1 is 0.947 bits per heavy atom. The highest BCUT2D eigenvalue weighted by Gasteiger charge is 2.22. The zero-order valence-electron chi connectivity index (χ0n) is 21.1. The molecule has 6 rings (SSSR count). The normalized spacial score (nSPS) is 15.2. The fraction of sp³-hybridized carbons (Fsp3) is 0.333. The van der Waals surface area contributed by atoms with E-state index in [1.807, 2.05) is 42.5 Å². The molecule has 0 amide bonds. The van der Waals surface area contributed by atoms with Crippen molar-refractivity contribution >= 4 is 6.01 Å². The number of rotatable bonds is 8. The van der Waals surface area contributed by atoms with Gasteiger partial charge >= 0.3 is 6.01 Å². The minimum absolute atomic E-state index is 0.189. The third-order valence-corrected chi connectivity index (χ3v) is 6.72. The standard InChI is InChI=1S/C27H28N6O5/c1-35-14-13-31-9-11-32(12-10-31)27-28-26(30-38-27)21-4-2-3-19(15-21)17-33-25(34)8-6-22(29-33)20-5-7-23-24(16-20)37-18-36-23/h2-8,15-16H,9-14,17-18H2,1H3. The number of fused-ring (bicyclic) bond motifs is 1. The van der Waals surface area contributed by atoms with E-state index in [1.165, 1.54) is 10.7 Å². The molecule has 4 heterocycles. The van der Waals surface area contributed by atoms with Crippen LogP contribution in [0.4, 0.5) is 6.01 Å². The number of nitrogens with zero attached hydrogens (tertiary/aromatic N) is 6. The second-order valence-electron chi connectivity index (χ2n) is 9.20. The molecule has 0 atom stereocenters. The van der Waals surface area contributed by atoms with Gasteiger partial charge in [-0.2, -0.15) is 10.1 Å². The first-order valence-corrected chi connectivity index (χ1v) is 12.5. The van der Waals surface area contributed by atoms with Gasteiger partial charge < -0.3 is 23.6 Å². The van der Waals surface area contributed by atoms with Crippen molar-refractivity contribution in [2.45, 2.75) is 6.54 Å². The lowest BCUT2D eigenvalue weighted by Crippen LogP contribution is -2.47. The maximum absolute atomic E-state index is 12.6. The Kier molecular flexibility index (Phi) is 6.76. The monoisotopic (exact) mass is 516 g/mol. The lowest BCUT2D eigenvalue weighted by molar-refractivity contribution is 0.143. The Morgan fingerprint density at radius 3 is 2.68 bits per heavy atom. The molecule has 0 aliphatic carbocycles. The molecule has 2 aliphatic heterocycles. The molecule has 1 fully saturated rings. The first-order chi connectivity index (χ1) is 18.7. The SMILES string of the molecule is COCCN1CCN(c2nc(-c3cccc(Cn4nc(-c5ccc6c(c5)OCO6)ccc4=O)c3)no2)CC1. The van der Waals surface area contributed by atoms with E-state index in [0.717, 1.165) is 56.0 Å². The third-order valence-electron chi connectivity index (χ3n) is 6.72. The molecule has 0 spiro atoms. The van der Waals surface area contributed by atoms with E-state index in [9.17, 15) is 4.79 Å². The number of hydrogen-bond donors (Lipinski definition) is 0. The summed E-state index contributed by atoms with van der Waals surface area (Å²) in [6.07, 6.45) is 0. The van der Waals surface area contributed by atoms with E-state index in [-0.39, 0.29) is 12.4 Å². The largest absolute Gasteiger partial charge is 0.454 e. The number of aromatic nitrogens is 4. The Bertz CT molecular complexity index is 1480. The summed E-state index contributed by atoms with van der Waals surface area (Å²) >= 11 is 0. The van der Waals surface area contributed by atoms with Gasteiger partial charge in [-0.15, -0.1) is 0 Å². The Balaban J connectivity index is 1.17. The predicted octanol–water partition coefficient (Wildman–Crippen LogP) is 2.51. The van der Waals surface area contributed by atoms with Crippen LogP contribution in [0.3, 0.4) is 0 Å². The summed E-state index contributed by atoms with van der Waals surface area (Å²) in [4.78, 5) is 21.7. The van der Waals surface area contributed by atoms with Crippen LogP contribution in [0.5, 0.6) is 11.5 Å². The molecule has 11 nitrogen and oxygen atoms in total. The Hall–Kier alpha value is -4.22. The predicted molar refractivity (Wildman–Crippen MR) is 139 cm³/mol. The minimum Gasteiger partial charge on any atom is -0.454 e. The maximum atomic E-state index is 12.6. The van der Waals surface area contributed by atoms with Crippen LogP contribution in [0, 0.1) is 0 Å². The van der Waals surface area contributed by atoms with Gasteiger partial charge in [-0.05, 0) is 35.9 Å². The van der Waals surface area contributed by atoms with Crippen LogP contribution in [0.15, 0.2) is 63.9 Å². The average molecular weight is 517 g/mol. The van der Waals surface area contributed by atoms with Gasteiger partial charge in [-0.1, -0.05) is 23.4 Å². The summed E-state index contributed by atoms with van der Waals surface area (Å²) < 4.78 is 23.1. The van der Waals surface area contributed by atoms with Gasteiger partial charge in [-0.3, -0.25) is 9.69 Å². The lowest BCUT2D eigenvalue weighted by Gasteiger charge is -2.33. The van der Waals surface area contributed by atoms with Crippen LogP contribution in [0.1, 0.15) is 5.56 Å². The molecule has 38 heavy (non-hydrogen) atoms. The number of hydrogen-bond acceptors (Lipinski definition) is 10. The highest BCUT2D eigenvalue weighted by molar-refractivity contribution is 5.64. The number of benzene rings is 2. The number of anilines is 1. The van der Waals surface area contributed by atoms with Gasteiger partial charge in [0.25, 0.3) is 5.56 Å². The molecule has 1 saturated heterocycles. The van der Waals surface area contributed by atoms with E-state index in [0.29, 0.717) is 35.6 Å². The summed E-state index contributed by atoms with van der Waals surface area (Å²) in [5.41, 5.74) is 3.04. The van der Waals surface area contributed by atoms with Crippen molar-refractivity contribution in [1.82, 2.24) is 24.8 Å². The molecular weight excluding hydrogens is 488 g/mol. The second-order valence-corrected chi connectivity index (χ2v) is 9.20. The molecule has 0 saturated carbocycles. The molecule has 196 valence electrons. The van der Waals surface area contributed by atoms with Crippen molar-refractivity contribution in [3.8, 4) is 34.1 Å². The van der Waals surface area contributed by atoms with Crippen LogP contribution in [-0.2, 0) is 11.3 Å². The van der Waals surface area contributed by atoms with E-state index in [4.69, 9.17) is 18.7 Å². The quantitative estimate of drug-likeness (QED) is 0.347. The smallest absolute Gasteiger partial charge is 0.324 e. The highest BCUT2D eigenvalue weighted by Crippen LogP contribution is 2.35. The molecular formula is C27H28N6O5. The molecule has 0 unspecified atom stereocenters. The summed E-state index contributed by atoms with van der Waals surface area (Å²) in [7, 11) is 1.72. The van der Waals surface area contributed by atoms with Crippen LogP contribution in [0.2, 0.25) is 0 Å². The number of piperazine rings is 1. The van der Waals surface area contributed by atoms with Crippen LogP contribution >= 0.6 is 0 Å². The van der Waals surface area contributed by atoms with Crippen LogP contribution in [-0.4, -0.2) is 78.1 Å². The van der Waals surface area contributed by atoms with Gasteiger partial charge in [0.1, 0.15) is 0 Å². The van der Waals surface area contributed by atoms with Crippen LogP contribution < -0.4 is 19.9 Å². The minimum atomic E-state index is -0.189. The topological polar surface area (TPSA) is 108 Å². The van der Waals surface area contributed by atoms with Gasteiger partial charge in [0.2, 0.25) is 12.6 Å². The van der Waals surface area contributed by atoms with E-state index in [1.54, 1.807) is 13.2 Å². The van der Waals surface area contributed by atoms with Crippen molar-refractivity contribution in [1.29, 1.82) is 0 Å². The Labute approximate surface area is 219 Å². The van der Waals surface area contributed by atoms with Crippen molar-refractivity contribution in [2.24, 2.45) is 0 Å². The molecule has 0 N–H and O–H groups in total. The summed E-state index contributed by atoms with van der Waals surface area (Å²) in [5, 5.41) is 8.81. The molecule has 2 aromatic carbocycles. The van der Waals surface area contributed by atoms with Gasteiger partial charge in [0.05, 0.1) is 18.8 Å². The third kappa shape index (κ3) is 5.11. The summed E-state index contributed by atoms with van der Waals surface area (Å²) in [5.74, 6) is 1.88. The summed E-state index contributed by atoms with van der Waals surface area (Å²) in [6, 6.07) is 17.1. The number of ether oxygens (including phenoxy) is 3. The fourth-order valence-electron chi connectivity index (χ4n) is 4.60. The number of methoxy groups -OCH3 is 1. The fourth-order valence-corrected chi connectivity index (χ4v) is 4.60. The van der Waals surface area contributed by atoms with Gasteiger partial charge in [0.15, 0.2) is 11.5 Å². The highest BCUT2D eigenvalue weighted by atomic mass is 16.7.